The summed E-state index contributed by atoms with van der Waals surface area (Å²) in [7, 11) is 0. The minimum Gasteiger partial charge on any atom is -0.481 e. The molecule has 30 heavy (non-hydrogen) atoms. The second kappa shape index (κ2) is 11.5. The van der Waals surface area contributed by atoms with E-state index in [1.54, 1.807) is 4.90 Å². The molecule has 1 N–H and O–H groups in total. The number of carboxylic acid groups (broad SMARTS) is 1. The molecular weight excluding hydrogens is 378 g/mol. The van der Waals surface area contributed by atoms with Crippen LogP contribution < -0.4 is 4.90 Å². The summed E-state index contributed by atoms with van der Waals surface area (Å²) in [4.78, 5) is 24.6. The molecule has 0 spiro atoms. The second-order valence-electron chi connectivity index (χ2n) is 9.67. The lowest BCUT2D eigenvalue weighted by Crippen LogP contribution is -2.36. The van der Waals surface area contributed by atoms with E-state index in [1.807, 2.05) is 24.7 Å². The highest BCUT2D eigenvalue weighted by Gasteiger charge is 2.26. The molecule has 6 nitrogen and oxygen atoms in total. The quantitative estimate of drug-likeness (QED) is 0.673. The van der Waals surface area contributed by atoms with Crippen molar-refractivity contribution in [1.82, 2.24) is 9.78 Å². The average Bonchev–Trinajstić information content (AvgIpc) is 3.07. The van der Waals surface area contributed by atoms with Gasteiger partial charge in [-0.3, -0.25) is 19.2 Å². The van der Waals surface area contributed by atoms with E-state index >= 15 is 0 Å². The zero-order valence-corrected chi connectivity index (χ0v) is 19.6. The first kappa shape index (κ1) is 24.4. The first-order chi connectivity index (χ1) is 14.2. The normalized spacial score (nSPS) is 22.3. The van der Waals surface area contributed by atoms with Gasteiger partial charge in [0.15, 0.2) is 5.82 Å². The molecule has 0 aromatic carbocycles. The van der Waals surface area contributed by atoms with Gasteiger partial charge in [0, 0.05) is 24.7 Å². The number of hydrogen-bond donors (Lipinski definition) is 1. The zero-order chi connectivity index (χ0) is 22.3. The number of carboxylic acids is 1. The van der Waals surface area contributed by atoms with Gasteiger partial charge in [0.2, 0.25) is 5.91 Å². The van der Waals surface area contributed by atoms with Gasteiger partial charge < -0.3 is 5.11 Å². The molecule has 2 aliphatic rings. The molecule has 0 aliphatic heterocycles. The Kier molecular flexibility index (Phi) is 9.37. The number of rotatable bonds is 5. The molecule has 3 rings (SSSR count). The zero-order valence-electron chi connectivity index (χ0n) is 19.6. The fourth-order valence-corrected chi connectivity index (χ4v) is 4.63. The van der Waals surface area contributed by atoms with Crippen molar-refractivity contribution in [2.24, 2.45) is 11.8 Å². The summed E-state index contributed by atoms with van der Waals surface area (Å²) < 4.78 is 1.88. The van der Waals surface area contributed by atoms with Crippen LogP contribution in [0.5, 0.6) is 0 Å². The lowest BCUT2D eigenvalue weighted by Gasteiger charge is -2.25. The molecule has 0 radical (unpaired) electrons. The Balaban J connectivity index is 0.000000335. The van der Waals surface area contributed by atoms with E-state index < -0.39 is 5.97 Å². The summed E-state index contributed by atoms with van der Waals surface area (Å²) in [5, 5.41) is 13.7. The van der Waals surface area contributed by atoms with E-state index in [4.69, 9.17) is 5.11 Å². The van der Waals surface area contributed by atoms with Gasteiger partial charge in [-0.15, -0.1) is 0 Å². The Bertz CT molecular complexity index is 674. The summed E-state index contributed by atoms with van der Waals surface area (Å²) in [6.45, 7) is 10.0. The highest BCUT2D eigenvalue weighted by atomic mass is 16.4. The van der Waals surface area contributed by atoms with E-state index in [1.165, 1.54) is 51.9 Å². The highest BCUT2D eigenvalue weighted by molar-refractivity contribution is 5.92. The summed E-state index contributed by atoms with van der Waals surface area (Å²) >= 11 is 0. The average molecular weight is 420 g/mol. The molecule has 1 heterocycles. The molecule has 0 unspecified atom stereocenters. The van der Waals surface area contributed by atoms with Crippen molar-refractivity contribution < 1.29 is 14.7 Å². The summed E-state index contributed by atoms with van der Waals surface area (Å²) in [5.74, 6) is 1.51. The van der Waals surface area contributed by atoms with Gasteiger partial charge in [-0.25, -0.2) is 0 Å². The second-order valence-corrected chi connectivity index (χ2v) is 9.67. The van der Waals surface area contributed by atoms with Gasteiger partial charge in [0.05, 0.1) is 12.5 Å². The van der Waals surface area contributed by atoms with Crippen LogP contribution in [0.25, 0.3) is 0 Å². The molecule has 0 atom stereocenters. The Morgan fingerprint density at radius 1 is 1.07 bits per heavy atom. The topological polar surface area (TPSA) is 75.4 Å². The predicted molar refractivity (Wildman–Crippen MR) is 121 cm³/mol. The number of hydrogen-bond acceptors (Lipinski definition) is 3. The number of aromatic nitrogens is 2. The molecule has 6 heteroatoms. The molecular formula is C24H41N3O3. The Morgan fingerprint density at radius 2 is 1.60 bits per heavy atom. The van der Waals surface area contributed by atoms with Crippen LogP contribution in [0.3, 0.4) is 0 Å². The van der Waals surface area contributed by atoms with Gasteiger partial charge in [-0.1, -0.05) is 58.8 Å². The van der Waals surface area contributed by atoms with E-state index in [2.05, 4.69) is 18.9 Å². The molecule has 2 saturated carbocycles. The highest BCUT2D eigenvalue weighted by Crippen LogP contribution is 2.31. The van der Waals surface area contributed by atoms with Crippen LogP contribution in [-0.2, 0) is 16.0 Å². The number of carbonyl (C=O) groups excluding carboxylic acids is 1. The first-order valence-corrected chi connectivity index (χ1v) is 11.8. The van der Waals surface area contributed by atoms with Crippen LogP contribution in [0.1, 0.15) is 104 Å². The van der Waals surface area contributed by atoms with Crippen molar-refractivity contribution in [3.63, 3.8) is 0 Å². The van der Waals surface area contributed by atoms with Crippen LogP contribution in [0, 0.1) is 11.8 Å². The van der Waals surface area contributed by atoms with Crippen LogP contribution in [-0.4, -0.2) is 32.8 Å². The third-order valence-corrected chi connectivity index (χ3v) is 6.46. The number of anilines is 1. The van der Waals surface area contributed by atoms with Gasteiger partial charge in [0.1, 0.15) is 0 Å². The van der Waals surface area contributed by atoms with Crippen LogP contribution in [0.2, 0.25) is 0 Å². The van der Waals surface area contributed by atoms with Crippen molar-refractivity contribution in [2.75, 3.05) is 4.90 Å². The summed E-state index contributed by atoms with van der Waals surface area (Å²) in [6, 6.07) is 0.260. The number of nitrogens with zero attached hydrogens (tertiary/aromatic N) is 3. The predicted octanol–water partition coefficient (Wildman–Crippen LogP) is 5.61. The van der Waals surface area contributed by atoms with Crippen molar-refractivity contribution in [2.45, 2.75) is 111 Å². The summed E-state index contributed by atoms with van der Waals surface area (Å²) in [6.07, 6.45) is 13.3. The van der Waals surface area contributed by atoms with Crippen LogP contribution in [0.15, 0.2) is 6.20 Å². The number of amides is 1. The maximum atomic E-state index is 11.9. The third kappa shape index (κ3) is 7.13. The van der Waals surface area contributed by atoms with Crippen molar-refractivity contribution in [3.8, 4) is 0 Å². The third-order valence-electron chi connectivity index (χ3n) is 6.46. The Morgan fingerprint density at radius 3 is 2.03 bits per heavy atom. The number of carbonyl (C=O) groups is 2. The monoisotopic (exact) mass is 419 g/mol. The lowest BCUT2D eigenvalue weighted by molar-refractivity contribution is -0.136. The van der Waals surface area contributed by atoms with E-state index in [0.717, 1.165) is 24.7 Å². The van der Waals surface area contributed by atoms with E-state index in [9.17, 15) is 9.59 Å². The molecule has 2 aliphatic carbocycles. The minimum absolute atomic E-state index is 0.0558. The lowest BCUT2D eigenvalue weighted by atomic mass is 9.84. The molecule has 1 aromatic heterocycles. The largest absolute Gasteiger partial charge is 0.481 e. The van der Waals surface area contributed by atoms with Crippen LogP contribution in [0.4, 0.5) is 5.82 Å². The first-order valence-electron chi connectivity index (χ1n) is 11.8. The van der Waals surface area contributed by atoms with E-state index in [-0.39, 0.29) is 18.4 Å². The van der Waals surface area contributed by atoms with Gasteiger partial charge in [0.25, 0.3) is 0 Å². The molecule has 0 saturated heterocycles. The van der Waals surface area contributed by atoms with Gasteiger partial charge >= 0.3 is 5.97 Å². The van der Waals surface area contributed by atoms with Crippen molar-refractivity contribution in [3.05, 3.63) is 11.8 Å². The van der Waals surface area contributed by atoms with Crippen molar-refractivity contribution in [1.29, 1.82) is 0 Å². The SMILES string of the molecule is CC(=O)N(c1nn(C2CCCCC2)cc1CC(=O)O)C(C)C.CC1CCC(C)CC1. The Labute approximate surface area is 182 Å². The van der Waals surface area contributed by atoms with Gasteiger partial charge in [-0.05, 0) is 38.5 Å². The molecule has 1 aromatic rings. The molecule has 1 amide bonds. The smallest absolute Gasteiger partial charge is 0.308 e. The summed E-state index contributed by atoms with van der Waals surface area (Å²) in [5.41, 5.74) is 0.613. The maximum Gasteiger partial charge on any atom is 0.308 e. The van der Waals surface area contributed by atoms with E-state index in [0.29, 0.717) is 17.4 Å². The standard InChI is InChI=1S/C16H25N3O3.C8H16/c1-11(2)19(12(3)20)16-13(9-15(21)22)10-18(17-16)14-7-5-4-6-8-14;1-7-3-5-8(2)6-4-7/h10-11,14H,4-9H2,1-3H3,(H,21,22);7-8H,3-6H2,1-2H3. The molecule has 0 bridgehead atoms. The fraction of sp³-hybridized carbons (Fsp3) is 0.792. The number of aliphatic carboxylic acids is 1. The Hall–Kier alpha value is -1.85. The minimum atomic E-state index is -0.906. The van der Waals surface area contributed by atoms with Crippen LogP contribution >= 0.6 is 0 Å². The fourth-order valence-electron chi connectivity index (χ4n) is 4.63. The van der Waals surface area contributed by atoms with Crippen molar-refractivity contribution >= 4 is 17.7 Å². The van der Waals surface area contributed by atoms with Gasteiger partial charge in [-0.2, -0.15) is 5.10 Å². The molecule has 170 valence electrons. The molecule has 2 fully saturated rings. The maximum absolute atomic E-state index is 11.9.